The number of rotatable bonds is 5. The maximum atomic E-state index is 5.39. The number of fused-ring (bicyclic) bond motifs is 2. The van der Waals surface area contributed by atoms with E-state index in [-0.39, 0.29) is 0 Å². The van der Waals surface area contributed by atoms with Crippen LogP contribution in [0.3, 0.4) is 0 Å². The molecule has 3 N–H and O–H groups in total. The third-order valence-corrected chi connectivity index (χ3v) is 4.53. The van der Waals surface area contributed by atoms with Crippen molar-refractivity contribution in [3.05, 3.63) is 59.8 Å². The molecular formula is C19H19N3O2S. The summed E-state index contributed by atoms with van der Waals surface area (Å²) >= 11 is 5.36. The zero-order chi connectivity index (χ0) is 17.1. The molecule has 2 aromatic carbocycles. The van der Waals surface area contributed by atoms with E-state index in [1.807, 2.05) is 24.3 Å². The fourth-order valence-electron chi connectivity index (χ4n) is 2.94. The van der Waals surface area contributed by atoms with Crippen molar-refractivity contribution in [3.8, 4) is 11.5 Å². The highest BCUT2D eigenvalue weighted by molar-refractivity contribution is 7.80. The van der Waals surface area contributed by atoms with E-state index in [4.69, 9.17) is 21.7 Å². The van der Waals surface area contributed by atoms with Gasteiger partial charge < -0.3 is 25.1 Å². The lowest BCUT2D eigenvalue weighted by Crippen LogP contribution is -2.35. The lowest BCUT2D eigenvalue weighted by atomic mass is 10.1. The molecule has 2 heterocycles. The molecule has 0 radical (unpaired) electrons. The van der Waals surface area contributed by atoms with Crippen LogP contribution in [-0.4, -0.2) is 23.4 Å². The molecule has 0 fully saturated rings. The Morgan fingerprint density at radius 2 is 1.96 bits per heavy atom. The highest BCUT2D eigenvalue weighted by atomic mass is 32.1. The number of hydrogen-bond donors (Lipinski definition) is 3. The molecule has 1 aromatic heterocycles. The average Bonchev–Trinajstić information content (AvgIpc) is 3.26. The summed E-state index contributed by atoms with van der Waals surface area (Å²) < 4.78 is 10.7. The highest BCUT2D eigenvalue weighted by Crippen LogP contribution is 2.32. The lowest BCUT2D eigenvalue weighted by Gasteiger charge is -2.10. The first kappa shape index (κ1) is 15.8. The second-order valence-electron chi connectivity index (χ2n) is 5.91. The van der Waals surface area contributed by atoms with Crippen LogP contribution in [0.4, 0.5) is 0 Å². The Bertz CT molecular complexity index is 907. The molecule has 0 amide bonds. The molecular weight excluding hydrogens is 334 g/mol. The van der Waals surface area contributed by atoms with Gasteiger partial charge in [-0.2, -0.15) is 0 Å². The number of hydrogen-bond acceptors (Lipinski definition) is 3. The summed E-state index contributed by atoms with van der Waals surface area (Å²) in [5, 5.41) is 8.40. The summed E-state index contributed by atoms with van der Waals surface area (Å²) in [5.74, 6) is 1.58. The Balaban J connectivity index is 1.25. The molecule has 3 aromatic rings. The predicted molar refractivity (Wildman–Crippen MR) is 102 cm³/mol. The SMILES string of the molecule is S=C(NCCc1c[nH]c2ccccc12)NCc1ccc2c(c1)OCO2. The monoisotopic (exact) mass is 353 g/mol. The number of H-pyrrole nitrogens is 1. The Morgan fingerprint density at radius 3 is 2.92 bits per heavy atom. The van der Waals surface area contributed by atoms with Crippen LogP contribution in [0.5, 0.6) is 11.5 Å². The van der Waals surface area contributed by atoms with Crippen molar-refractivity contribution in [2.24, 2.45) is 0 Å². The van der Waals surface area contributed by atoms with Crippen molar-refractivity contribution < 1.29 is 9.47 Å². The number of para-hydroxylation sites is 1. The third-order valence-electron chi connectivity index (χ3n) is 4.24. The fraction of sp³-hybridized carbons (Fsp3) is 0.211. The van der Waals surface area contributed by atoms with Gasteiger partial charge in [-0.15, -0.1) is 0 Å². The molecule has 0 aliphatic carbocycles. The number of aromatic amines is 1. The maximum absolute atomic E-state index is 5.39. The smallest absolute Gasteiger partial charge is 0.231 e. The standard InChI is InChI=1S/C19H19N3O2S/c25-19(22-10-13-5-6-17-18(9-13)24-12-23-17)20-8-7-14-11-21-16-4-2-1-3-15(14)16/h1-6,9,11,21H,7-8,10,12H2,(H2,20,22,25). The van der Waals surface area contributed by atoms with Gasteiger partial charge in [-0.05, 0) is 48.0 Å². The van der Waals surface area contributed by atoms with Gasteiger partial charge in [0.05, 0.1) is 0 Å². The van der Waals surface area contributed by atoms with Crippen LogP contribution in [0, 0.1) is 0 Å². The third kappa shape index (κ3) is 3.53. The summed E-state index contributed by atoms with van der Waals surface area (Å²) in [6, 6.07) is 14.2. The second kappa shape index (κ2) is 7.03. The number of aromatic nitrogens is 1. The summed E-state index contributed by atoms with van der Waals surface area (Å²) in [6.45, 7) is 1.73. The minimum absolute atomic E-state index is 0.292. The average molecular weight is 353 g/mol. The zero-order valence-corrected chi connectivity index (χ0v) is 14.5. The summed E-state index contributed by atoms with van der Waals surface area (Å²) in [5.41, 5.74) is 3.56. The van der Waals surface area contributed by atoms with Gasteiger partial charge in [0.2, 0.25) is 6.79 Å². The molecule has 1 aliphatic heterocycles. The van der Waals surface area contributed by atoms with E-state index in [2.05, 4.69) is 40.0 Å². The topological polar surface area (TPSA) is 58.3 Å². The van der Waals surface area contributed by atoms with Crippen LogP contribution >= 0.6 is 12.2 Å². The summed E-state index contributed by atoms with van der Waals surface area (Å²) in [7, 11) is 0. The predicted octanol–water partition coefficient (Wildman–Crippen LogP) is 3.10. The molecule has 128 valence electrons. The van der Waals surface area contributed by atoms with E-state index < -0.39 is 0 Å². The lowest BCUT2D eigenvalue weighted by molar-refractivity contribution is 0.174. The van der Waals surface area contributed by atoms with Crippen molar-refractivity contribution in [1.82, 2.24) is 15.6 Å². The minimum atomic E-state index is 0.292. The Kier molecular flexibility index (Phi) is 4.43. The Morgan fingerprint density at radius 1 is 1.08 bits per heavy atom. The first-order valence-corrected chi connectivity index (χ1v) is 8.65. The molecule has 0 saturated carbocycles. The molecule has 0 bridgehead atoms. The minimum Gasteiger partial charge on any atom is -0.454 e. The molecule has 6 heteroatoms. The van der Waals surface area contributed by atoms with Crippen LogP contribution in [-0.2, 0) is 13.0 Å². The fourth-order valence-corrected chi connectivity index (χ4v) is 3.12. The van der Waals surface area contributed by atoms with E-state index >= 15 is 0 Å². The largest absolute Gasteiger partial charge is 0.454 e. The molecule has 5 nitrogen and oxygen atoms in total. The first-order valence-electron chi connectivity index (χ1n) is 8.25. The molecule has 0 atom stereocenters. The van der Waals surface area contributed by atoms with Gasteiger partial charge in [0.15, 0.2) is 16.6 Å². The van der Waals surface area contributed by atoms with Gasteiger partial charge in [-0.3, -0.25) is 0 Å². The van der Waals surface area contributed by atoms with Crippen LogP contribution in [0.25, 0.3) is 10.9 Å². The first-order chi connectivity index (χ1) is 12.3. The van der Waals surface area contributed by atoms with E-state index in [1.54, 1.807) is 0 Å². The van der Waals surface area contributed by atoms with Crippen molar-refractivity contribution in [3.63, 3.8) is 0 Å². The van der Waals surface area contributed by atoms with Gasteiger partial charge >= 0.3 is 0 Å². The normalized spacial score (nSPS) is 12.3. The van der Waals surface area contributed by atoms with Gasteiger partial charge in [0, 0.05) is 30.2 Å². The number of benzene rings is 2. The number of ether oxygens (including phenoxy) is 2. The number of nitrogens with one attached hydrogen (secondary N) is 3. The zero-order valence-electron chi connectivity index (χ0n) is 13.7. The Labute approximate surface area is 151 Å². The second-order valence-corrected chi connectivity index (χ2v) is 6.31. The molecule has 1 aliphatic rings. The summed E-state index contributed by atoms with van der Waals surface area (Å²) in [4.78, 5) is 3.30. The van der Waals surface area contributed by atoms with E-state index in [0.717, 1.165) is 30.0 Å². The maximum Gasteiger partial charge on any atom is 0.231 e. The van der Waals surface area contributed by atoms with Crippen molar-refractivity contribution >= 4 is 28.2 Å². The van der Waals surface area contributed by atoms with Gasteiger partial charge in [-0.25, -0.2) is 0 Å². The van der Waals surface area contributed by atoms with Gasteiger partial charge in [0.25, 0.3) is 0 Å². The van der Waals surface area contributed by atoms with Crippen molar-refractivity contribution in [2.45, 2.75) is 13.0 Å². The van der Waals surface area contributed by atoms with Crippen LogP contribution in [0.15, 0.2) is 48.7 Å². The van der Waals surface area contributed by atoms with Gasteiger partial charge in [0.1, 0.15) is 0 Å². The number of thiocarbonyl (C=S) groups is 1. The molecule has 0 unspecified atom stereocenters. The van der Waals surface area contributed by atoms with Crippen molar-refractivity contribution in [2.75, 3.05) is 13.3 Å². The van der Waals surface area contributed by atoms with E-state index in [1.165, 1.54) is 16.5 Å². The summed E-state index contributed by atoms with van der Waals surface area (Å²) in [6.07, 6.45) is 2.98. The highest BCUT2D eigenvalue weighted by Gasteiger charge is 2.13. The van der Waals surface area contributed by atoms with E-state index in [0.29, 0.717) is 18.5 Å². The molecule has 4 rings (SSSR count). The van der Waals surface area contributed by atoms with Gasteiger partial charge in [-0.1, -0.05) is 24.3 Å². The molecule has 25 heavy (non-hydrogen) atoms. The Hall–Kier alpha value is -2.73. The van der Waals surface area contributed by atoms with Crippen LogP contribution in [0.2, 0.25) is 0 Å². The van der Waals surface area contributed by atoms with Crippen molar-refractivity contribution in [1.29, 1.82) is 0 Å². The van der Waals surface area contributed by atoms with Crippen LogP contribution < -0.4 is 20.1 Å². The van der Waals surface area contributed by atoms with Crippen LogP contribution in [0.1, 0.15) is 11.1 Å². The molecule has 0 saturated heterocycles. The quantitative estimate of drug-likeness (QED) is 0.616. The molecule has 0 spiro atoms. The van der Waals surface area contributed by atoms with E-state index in [9.17, 15) is 0 Å².